The van der Waals surface area contributed by atoms with Crippen LogP contribution in [0.5, 0.6) is 0 Å². The molecule has 0 atom stereocenters. The van der Waals surface area contributed by atoms with Gasteiger partial charge in [0.1, 0.15) is 0 Å². The first-order valence-electron chi connectivity index (χ1n) is 5.13. The number of hydrogen-bond donors (Lipinski definition) is 0. The fourth-order valence-corrected chi connectivity index (χ4v) is 1.50. The highest BCUT2D eigenvalue weighted by Crippen LogP contribution is 2.20. The molecule has 14 heavy (non-hydrogen) atoms. The molecule has 0 saturated carbocycles. The second-order valence-electron chi connectivity index (χ2n) is 5.11. The maximum absolute atomic E-state index is 11.9. The summed E-state index contributed by atoms with van der Waals surface area (Å²) in [6, 6.07) is 0.239. The number of nitrogens with zero attached hydrogens (tertiary/aromatic N) is 1. The number of hydrogen-bond acceptors (Lipinski definition) is 1. The van der Waals surface area contributed by atoms with Crippen LogP contribution in [-0.2, 0) is 4.79 Å². The molecule has 1 amide bonds. The van der Waals surface area contributed by atoms with Crippen molar-refractivity contribution in [1.82, 2.24) is 4.90 Å². The SMILES string of the molecule is CC(C)N(CCCl)C(=O)CC(C)(C)C. The Morgan fingerprint density at radius 3 is 2.14 bits per heavy atom. The van der Waals surface area contributed by atoms with E-state index in [1.165, 1.54) is 0 Å². The van der Waals surface area contributed by atoms with Crippen LogP contribution in [0.25, 0.3) is 0 Å². The summed E-state index contributed by atoms with van der Waals surface area (Å²) in [5.41, 5.74) is 0.0521. The maximum Gasteiger partial charge on any atom is 0.223 e. The molecule has 0 aromatic rings. The molecule has 3 heteroatoms. The molecule has 2 nitrogen and oxygen atoms in total. The fourth-order valence-electron chi connectivity index (χ4n) is 1.32. The average Bonchev–Trinajstić information content (AvgIpc) is 1.95. The molecule has 0 aromatic heterocycles. The monoisotopic (exact) mass is 219 g/mol. The van der Waals surface area contributed by atoms with Crippen molar-refractivity contribution in [3.05, 3.63) is 0 Å². The smallest absolute Gasteiger partial charge is 0.223 e. The van der Waals surface area contributed by atoms with E-state index in [2.05, 4.69) is 20.8 Å². The van der Waals surface area contributed by atoms with Gasteiger partial charge >= 0.3 is 0 Å². The zero-order chi connectivity index (χ0) is 11.4. The molecule has 0 fully saturated rings. The molecule has 0 N–H and O–H groups in total. The molecule has 0 saturated heterocycles. The lowest BCUT2D eigenvalue weighted by atomic mass is 9.91. The molecule has 0 aliphatic carbocycles. The minimum Gasteiger partial charge on any atom is -0.339 e. The molecule has 0 unspecified atom stereocenters. The topological polar surface area (TPSA) is 20.3 Å². The largest absolute Gasteiger partial charge is 0.339 e. The van der Waals surface area contributed by atoms with Gasteiger partial charge in [-0.25, -0.2) is 0 Å². The third-order valence-electron chi connectivity index (χ3n) is 1.95. The van der Waals surface area contributed by atoms with Gasteiger partial charge in [0.15, 0.2) is 0 Å². The zero-order valence-electron chi connectivity index (χ0n) is 9.93. The van der Waals surface area contributed by atoms with Crippen LogP contribution in [0.15, 0.2) is 0 Å². The lowest BCUT2D eigenvalue weighted by Crippen LogP contribution is -2.39. The van der Waals surface area contributed by atoms with Gasteiger partial charge in [0.05, 0.1) is 0 Å². The summed E-state index contributed by atoms with van der Waals surface area (Å²) >= 11 is 5.66. The van der Waals surface area contributed by atoms with E-state index >= 15 is 0 Å². The van der Waals surface area contributed by atoms with Crippen LogP contribution in [-0.4, -0.2) is 29.3 Å². The standard InChI is InChI=1S/C11H22ClNO/c1-9(2)13(7-6-12)10(14)8-11(3,4)5/h9H,6-8H2,1-5H3. The second-order valence-corrected chi connectivity index (χ2v) is 5.49. The van der Waals surface area contributed by atoms with E-state index in [1.807, 2.05) is 18.7 Å². The molecule has 0 aliphatic rings. The lowest BCUT2D eigenvalue weighted by molar-refractivity contribution is -0.134. The van der Waals surface area contributed by atoms with Gasteiger partial charge in [0, 0.05) is 24.9 Å². The molecular weight excluding hydrogens is 198 g/mol. The summed E-state index contributed by atoms with van der Waals surface area (Å²) in [4.78, 5) is 13.7. The highest BCUT2D eigenvalue weighted by atomic mass is 35.5. The van der Waals surface area contributed by atoms with Gasteiger partial charge in [0.2, 0.25) is 5.91 Å². The Balaban J connectivity index is 4.30. The first kappa shape index (κ1) is 13.8. The summed E-state index contributed by atoms with van der Waals surface area (Å²) < 4.78 is 0. The summed E-state index contributed by atoms with van der Waals surface area (Å²) in [6.45, 7) is 10.9. The predicted molar refractivity (Wildman–Crippen MR) is 61.6 cm³/mol. The van der Waals surface area contributed by atoms with Crippen LogP contribution in [0.2, 0.25) is 0 Å². The third-order valence-corrected chi connectivity index (χ3v) is 2.12. The molecule has 84 valence electrons. The number of alkyl halides is 1. The number of halogens is 1. The lowest BCUT2D eigenvalue weighted by Gasteiger charge is -2.29. The van der Waals surface area contributed by atoms with Crippen LogP contribution in [0.1, 0.15) is 41.0 Å². The molecule has 0 radical (unpaired) electrons. The molecule has 0 aromatic carbocycles. The molecule has 0 spiro atoms. The van der Waals surface area contributed by atoms with E-state index < -0.39 is 0 Å². The molecule has 0 aliphatic heterocycles. The van der Waals surface area contributed by atoms with Gasteiger partial charge in [0.25, 0.3) is 0 Å². The minimum atomic E-state index is 0.0521. The maximum atomic E-state index is 11.9. The van der Waals surface area contributed by atoms with Gasteiger partial charge in [-0.1, -0.05) is 20.8 Å². The predicted octanol–water partition coefficient (Wildman–Crippen LogP) is 2.90. The van der Waals surface area contributed by atoms with E-state index in [0.29, 0.717) is 18.8 Å². The van der Waals surface area contributed by atoms with Crippen molar-refractivity contribution in [2.45, 2.75) is 47.1 Å². The number of carbonyl (C=O) groups is 1. The Morgan fingerprint density at radius 1 is 1.36 bits per heavy atom. The number of carbonyl (C=O) groups excluding carboxylic acids is 1. The van der Waals surface area contributed by atoms with E-state index in [9.17, 15) is 4.79 Å². The molecule has 0 heterocycles. The van der Waals surface area contributed by atoms with Crippen LogP contribution in [0.4, 0.5) is 0 Å². The quantitative estimate of drug-likeness (QED) is 0.666. The van der Waals surface area contributed by atoms with Crippen LogP contribution >= 0.6 is 11.6 Å². The highest BCUT2D eigenvalue weighted by molar-refractivity contribution is 6.18. The van der Waals surface area contributed by atoms with E-state index in [1.54, 1.807) is 0 Å². The molecule has 0 rings (SSSR count). The zero-order valence-corrected chi connectivity index (χ0v) is 10.7. The van der Waals surface area contributed by atoms with Crippen molar-refractivity contribution in [2.24, 2.45) is 5.41 Å². The van der Waals surface area contributed by atoms with E-state index in [-0.39, 0.29) is 17.4 Å². The van der Waals surface area contributed by atoms with E-state index in [0.717, 1.165) is 0 Å². The summed E-state index contributed by atoms with van der Waals surface area (Å²) in [7, 11) is 0. The summed E-state index contributed by atoms with van der Waals surface area (Å²) in [5.74, 6) is 0.710. The van der Waals surface area contributed by atoms with Crippen molar-refractivity contribution in [3.8, 4) is 0 Å². The summed E-state index contributed by atoms with van der Waals surface area (Å²) in [5, 5.41) is 0. The molecule has 0 bridgehead atoms. The van der Waals surface area contributed by atoms with Crippen LogP contribution in [0.3, 0.4) is 0 Å². The van der Waals surface area contributed by atoms with Crippen LogP contribution in [0, 0.1) is 5.41 Å². The van der Waals surface area contributed by atoms with Gasteiger partial charge in [-0.05, 0) is 19.3 Å². The van der Waals surface area contributed by atoms with Gasteiger partial charge in [-0.15, -0.1) is 11.6 Å². The third kappa shape index (κ3) is 5.48. The van der Waals surface area contributed by atoms with Crippen molar-refractivity contribution in [3.63, 3.8) is 0 Å². The van der Waals surface area contributed by atoms with Gasteiger partial charge in [-0.2, -0.15) is 0 Å². The Kier molecular flexibility index (Phi) is 5.50. The number of rotatable bonds is 4. The highest BCUT2D eigenvalue weighted by Gasteiger charge is 2.22. The minimum absolute atomic E-state index is 0.0521. The average molecular weight is 220 g/mol. The van der Waals surface area contributed by atoms with Crippen molar-refractivity contribution in [1.29, 1.82) is 0 Å². The van der Waals surface area contributed by atoms with Gasteiger partial charge in [-0.3, -0.25) is 4.79 Å². The molecular formula is C11H22ClNO. The number of amides is 1. The Morgan fingerprint density at radius 2 is 1.86 bits per heavy atom. The summed E-state index contributed by atoms with van der Waals surface area (Å²) in [6.07, 6.45) is 0.585. The van der Waals surface area contributed by atoms with Crippen molar-refractivity contribution < 1.29 is 4.79 Å². The Bertz CT molecular complexity index is 184. The normalized spacial score (nSPS) is 11.9. The first-order chi connectivity index (χ1) is 6.28. The Hall–Kier alpha value is -0.240. The van der Waals surface area contributed by atoms with E-state index in [4.69, 9.17) is 11.6 Å². The fraction of sp³-hybridized carbons (Fsp3) is 0.909. The Labute approximate surface area is 92.6 Å². The van der Waals surface area contributed by atoms with Crippen LogP contribution < -0.4 is 0 Å². The second kappa shape index (κ2) is 5.59. The first-order valence-corrected chi connectivity index (χ1v) is 5.67. The van der Waals surface area contributed by atoms with Crippen molar-refractivity contribution >= 4 is 17.5 Å². The van der Waals surface area contributed by atoms with Gasteiger partial charge < -0.3 is 4.90 Å². The van der Waals surface area contributed by atoms with Crippen molar-refractivity contribution in [2.75, 3.05) is 12.4 Å².